The molecular formula is C16H22O4-2. The highest BCUT2D eigenvalue weighted by atomic mass is 16.4. The molecule has 0 N–H and O–H groups in total. The molecule has 0 saturated carbocycles. The standard InChI is InChI=1S/C8H8O2.C8H16O2/c9-8(10)6-7-4-2-1-3-5-7;1-2-3-4-5-6-7-8(9)10/h1-5H,6H2,(H,9,10);2-7H2,1H3,(H,9,10)/p-2. The zero-order valence-corrected chi connectivity index (χ0v) is 12.0. The van der Waals surface area contributed by atoms with Gasteiger partial charge in [0.25, 0.3) is 0 Å². The number of aliphatic carboxylic acids is 2. The average molecular weight is 278 g/mol. The first-order valence-electron chi connectivity index (χ1n) is 6.99. The van der Waals surface area contributed by atoms with Crippen LogP contribution in [0.25, 0.3) is 0 Å². The minimum Gasteiger partial charge on any atom is -0.550 e. The van der Waals surface area contributed by atoms with E-state index < -0.39 is 11.9 Å². The molecule has 0 bridgehead atoms. The monoisotopic (exact) mass is 278 g/mol. The lowest BCUT2D eigenvalue weighted by molar-refractivity contribution is -0.306. The molecule has 0 aliphatic rings. The highest BCUT2D eigenvalue weighted by Gasteiger charge is 1.89. The Bertz CT molecular complexity index is 373. The van der Waals surface area contributed by atoms with Gasteiger partial charge in [0.15, 0.2) is 0 Å². The molecule has 0 fully saturated rings. The second kappa shape index (κ2) is 12.2. The number of unbranched alkanes of at least 4 members (excludes halogenated alkanes) is 4. The third-order valence-corrected chi connectivity index (χ3v) is 2.68. The highest BCUT2D eigenvalue weighted by Crippen LogP contribution is 2.03. The Balaban J connectivity index is 0.000000361. The van der Waals surface area contributed by atoms with Crippen LogP contribution in [0.3, 0.4) is 0 Å². The van der Waals surface area contributed by atoms with Crippen molar-refractivity contribution in [2.24, 2.45) is 0 Å². The summed E-state index contributed by atoms with van der Waals surface area (Å²) in [5.74, 6) is -1.96. The first-order chi connectivity index (χ1) is 9.56. The van der Waals surface area contributed by atoms with Crippen molar-refractivity contribution in [3.63, 3.8) is 0 Å². The second-order valence-corrected chi connectivity index (χ2v) is 4.57. The van der Waals surface area contributed by atoms with Crippen LogP contribution in [-0.4, -0.2) is 11.9 Å². The van der Waals surface area contributed by atoms with E-state index in [9.17, 15) is 19.8 Å². The Labute approximate surface area is 120 Å². The summed E-state index contributed by atoms with van der Waals surface area (Å²) in [6.45, 7) is 2.14. The Kier molecular flexibility index (Phi) is 11.1. The Morgan fingerprint density at radius 3 is 2.00 bits per heavy atom. The van der Waals surface area contributed by atoms with Gasteiger partial charge in [0, 0.05) is 18.4 Å². The van der Waals surface area contributed by atoms with Crippen LogP contribution in [-0.2, 0) is 16.0 Å². The van der Waals surface area contributed by atoms with Crippen molar-refractivity contribution in [2.45, 2.75) is 51.9 Å². The van der Waals surface area contributed by atoms with E-state index in [1.54, 1.807) is 24.3 Å². The van der Waals surface area contributed by atoms with Gasteiger partial charge in [0.1, 0.15) is 0 Å². The van der Waals surface area contributed by atoms with Crippen LogP contribution in [0, 0.1) is 0 Å². The van der Waals surface area contributed by atoms with Gasteiger partial charge in [0.05, 0.1) is 0 Å². The van der Waals surface area contributed by atoms with Crippen LogP contribution in [0.2, 0.25) is 0 Å². The lowest BCUT2D eigenvalue weighted by Gasteiger charge is -2.00. The number of carboxylic acids is 2. The minimum atomic E-state index is -1.04. The molecule has 0 spiro atoms. The number of carbonyl (C=O) groups excluding carboxylic acids is 2. The van der Waals surface area contributed by atoms with Crippen LogP contribution >= 0.6 is 0 Å². The molecule has 0 radical (unpaired) electrons. The van der Waals surface area contributed by atoms with Gasteiger partial charge >= 0.3 is 0 Å². The average Bonchev–Trinajstić information content (AvgIpc) is 2.39. The highest BCUT2D eigenvalue weighted by molar-refractivity contribution is 5.67. The number of carboxylic acid groups (broad SMARTS) is 2. The van der Waals surface area contributed by atoms with Crippen molar-refractivity contribution < 1.29 is 19.8 Å². The fourth-order valence-electron chi connectivity index (χ4n) is 1.64. The van der Waals surface area contributed by atoms with E-state index in [0.29, 0.717) is 0 Å². The predicted molar refractivity (Wildman–Crippen MR) is 73.5 cm³/mol. The van der Waals surface area contributed by atoms with E-state index in [-0.39, 0.29) is 12.8 Å². The summed E-state index contributed by atoms with van der Waals surface area (Å²) in [6, 6.07) is 8.97. The zero-order valence-electron chi connectivity index (χ0n) is 12.0. The number of hydrogen-bond acceptors (Lipinski definition) is 4. The number of carbonyl (C=O) groups is 2. The molecule has 1 aromatic carbocycles. The molecule has 1 rings (SSSR count). The quantitative estimate of drug-likeness (QED) is 0.666. The van der Waals surface area contributed by atoms with Crippen LogP contribution in [0.4, 0.5) is 0 Å². The molecule has 0 aliphatic carbocycles. The van der Waals surface area contributed by atoms with E-state index in [1.165, 1.54) is 12.8 Å². The fourth-order valence-corrected chi connectivity index (χ4v) is 1.64. The summed E-state index contributed by atoms with van der Waals surface area (Å²) < 4.78 is 0. The normalized spacial score (nSPS) is 9.45. The van der Waals surface area contributed by atoms with Gasteiger partial charge in [-0.15, -0.1) is 0 Å². The molecule has 0 atom stereocenters. The minimum absolute atomic E-state index is 0.000833. The maximum Gasteiger partial charge on any atom is 0.0458 e. The number of hydrogen-bond donors (Lipinski definition) is 0. The van der Waals surface area contributed by atoms with Crippen LogP contribution in [0.15, 0.2) is 30.3 Å². The third kappa shape index (κ3) is 12.6. The van der Waals surface area contributed by atoms with E-state index in [2.05, 4.69) is 6.92 Å². The van der Waals surface area contributed by atoms with E-state index in [4.69, 9.17) is 0 Å². The summed E-state index contributed by atoms with van der Waals surface area (Å²) >= 11 is 0. The summed E-state index contributed by atoms with van der Waals surface area (Å²) in [4.78, 5) is 20.0. The van der Waals surface area contributed by atoms with Gasteiger partial charge in [-0.25, -0.2) is 0 Å². The first-order valence-corrected chi connectivity index (χ1v) is 6.99. The van der Waals surface area contributed by atoms with Crippen molar-refractivity contribution in [2.75, 3.05) is 0 Å². The summed E-state index contributed by atoms with van der Waals surface area (Å²) in [5.41, 5.74) is 0.780. The Morgan fingerprint density at radius 2 is 1.50 bits per heavy atom. The van der Waals surface area contributed by atoms with Gasteiger partial charge in [-0.1, -0.05) is 62.9 Å². The molecule has 0 saturated heterocycles. The van der Waals surface area contributed by atoms with Crippen molar-refractivity contribution in [1.29, 1.82) is 0 Å². The fraction of sp³-hybridized carbons (Fsp3) is 0.500. The van der Waals surface area contributed by atoms with Gasteiger partial charge in [-0.3, -0.25) is 0 Å². The molecule has 0 aromatic heterocycles. The van der Waals surface area contributed by atoms with Crippen LogP contribution < -0.4 is 10.2 Å². The van der Waals surface area contributed by atoms with Crippen molar-refractivity contribution in [3.8, 4) is 0 Å². The SMILES string of the molecule is CCCCCCCC(=O)[O-].O=C([O-])Cc1ccccc1. The molecule has 1 aromatic rings. The predicted octanol–water partition coefficient (Wildman–Crippen LogP) is 1.08. The Hall–Kier alpha value is -1.84. The maximum absolute atomic E-state index is 10.1. The number of benzene rings is 1. The van der Waals surface area contributed by atoms with Crippen molar-refractivity contribution in [3.05, 3.63) is 35.9 Å². The Morgan fingerprint density at radius 1 is 0.900 bits per heavy atom. The molecule has 0 aliphatic heterocycles. The van der Waals surface area contributed by atoms with Gasteiger partial charge in [-0.05, 0) is 18.4 Å². The van der Waals surface area contributed by atoms with Crippen LogP contribution in [0.5, 0.6) is 0 Å². The maximum atomic E-state index is 10.1. The van der Waals surface area contributed by atoms with Gasteiger partial charge < -0.3 is 19.8 Å². The van der Waals surface area contributed by atoms with E-state index in [1.807, 2.05) is 6.07 Å². The van der Waals surface area contributed by atoms with Crippen LogP contribution in [0.1, 0.15) is 51.0 Å². The van der Waals surface area contributed by atoms with Gasteiger partial charge in [0.2, 0.25) is 0 Å². The molecular weight excluding hydrogens is 256 g/mol. The summed E-state index contributed by atoms with van der Waals surface area (Å²) in [5, 5.41) is 20.0. The van der Waals surface area contributed by atoms with E-state index in [0.717, 1.165) is 24.8 Å². The summed E-state index contributed by atoms with van der Waals surface area (Å²) in [6.07, 6.45) is 5.61. The molecule has 0 heterocycles. The first kappa shape index (κ1) is 18.2. The molecule has 0 unspecified atom stereocenters. The van der Waals surface area contributed by atoms with E-state index >= 15 is 0 Å². The molecule has 112 valence electrons. The smallest absolute Gasteiger partial charge is 0.0458 e. The van der Waals surface area contributed by atoms with Gasteiger partial charge in [-0.2, -0.15) is 0 Å². The summed E-state index contributed by atoms with van der Waals surface area (Å²) in [7, 11) is 0. The molecule has 4 nitrogen and oxygen atoms in total. The lowest BCUT2D eigenvalue weighted by atomic mass is 10.1. The second-order valence-electron chi connectivity index (χ2n) is 4.57. The van der Waals surface area contributed by atoms with Crippen molar-refractivity contribution in [1.82, 2.24) is 0 Å². The largest absolute Gasteiger partial charge is 0.550 e. The molecule has 20 heavy (non-hydrogen) atoms. The lowest BCUT2D eigenvalue weighted by Crippen LogP contribution is -2.24. The zero-order chi connectivity index (χ0) is 15.2. The third-order valence-electron chi connectivity index (χ3n) is 2.68. The molecule has 0 amide bonds. The topological polar surface area (TPSA) is 80.3 Å². The van der Waals surface area contributed by atoms with Crippen molar-refractivity contribution >= 4 is 11.9 Å². The molecule has 4 heteroatoms. The number of rotatable bonds is 8.